The first kappa shape index (κ1) is 18.1. The van der Waals surface area contributed by atoms with Crippen molar-refractivity contribution in [2.45, 2.75) is 26.4 Å². The molecule has 0 aliphatic rings. The first-order valence-corrected chi connectivity index (χ1v) is 7.69. The summed E-state index contributed by atoms with van der Waals surface area (Å²) >= 11 is 0. The summed E-state index contributed by atoms with van der Waals surface area (Å²) in [6.45, 7) is 3.23. The predicted octanol–water partition coefficient (Wildman–Crippen LogP) is 2.06. The summed E-state index contributed by atoms with van der Waals surface area (Å²) in [6.07, 6.45) is 1.54. The van der Waals surface area contributed by atoms with Gasteiger partial charge in [0.1, 0.15) is 11.8 Å². The number of carbonyl (C=O) groups is 3. The summed E-state index contributed by atoms with van der Waals surface area (Å²) in [5.74, 6) is 0.0522. The lowest BCUT2D eigenvalue weighted by Gasteiger charge is -2.13. The molecule has 0 unspecified atom stereocenters. The molecule has 8 nitrogen and oxygen atoms in total. The van der Waals surface area contributed by atoms with Gasteiger partial charge in [-0.1, -0.05) is 0 Å². The molecule has 4 N–H and O–H groups in total. The maximum atomic E-state index is 11.9. The molecule has 2 rings (SSSR count). The van der Waals surface area contributed by atoms with E-state index in [2.05, 4.69) is 21.3 Å². The monoisotopic (exact) mass is 344 g/mol. The van der Waals surface area contributed by atoms with E-state index in [4.69, 9.17) is 4.42 Å². The van der Waals surface area contributed by atoms with Gasteiger partial charge in [-0.3, -0.25) is 9.59 Å². The number of urea groups is 1. The van der Waals surface area contributed by atoms with Crippen LogP contribution in [0.1, 0.15) is 19.6 Å². The van der Waals surface area contributed by atoms with Crippen LogP contribution in [0.4, 0.5) is 16.2 Å². The molecule has 132 valence electrons. The minimum atomic E-state index is -0.636. The quantitative estimate of drug-likeness (QED) is 0.642. The molecule has 25 heavy (non-hydrogen) atoms. The Bertz CT molecular complexity index is 726. The highest BCUT2D eigenvalue weighted by molar-refractivity contribution is 5.97. The second-order valence-corrected chi connectivity index (χ2v) is 5.38. The molecule has 0 radical (unpaired) electrons. The fraction of sp³-hybridized carbons (Fsp3) is 0.235. The topological polar surface area (TPSA) is 112 Å². The molecule has 0 aliphatic carbocycles. The van der Waals surface area contributed by atoms with Gasteiger partial charge in [0.05, 0.1) is 12.8 Å². The number of anilines is 2. The van der Waals surface area contributed by atoms with Crippen LogP contribution >= 0.6 is 0 Å². The van der Waals surface area contributed by atoms with Crippen molar-refractivity contribution in [3.05, 3.63) is 48.4 Å². The Morgan fingerprint density at radius 3 is 2.24 bits per heavy atom. The van der Waals surface area contributed by atoms with Gasteiger partial charge in [0, 0.05) is 18.3 Å². The standard InChI is InChI=1S/C17H20N4O4/c1-11(19-12(2)22)16(23)20-13-5-7-14(8-6-13)21-17(24)18-10-15-4-3-9-25-15/h3-9,11H,10H2,1-2H3,(H,19,22)(H,20,23)(H2,18,21,24)/t11-/m1/s1. The molecule has 0 spiro atoms. The molecule has 8 heteroatoms. The van der Waals surface area contributed by atoms with Crippen molar-refractivity contribution < 1.29 is 18.8 Å². The third-order valence-electron chi connectivity index (χ3n) is 3.23. The molecule has 0 fully saturated rings. The van der Waals surface area contributed by atoms with Gasteiger partial charge in [-0.05, 0) is 43.3 Å². The number of hydrogen-bond acceptors (Lipinski definition) is 4. The second kappa shape index (κ2) is 8.53. The molecule has 1 atom stereocenters. The minimum absolute atomic E-state index is 0.275. The van der Waals surface area contributed by atoms with Gasteiger partial charge in [-0.25, -0.2) is 4.79 Å². The first-order valence-electron chi connectivity index (χ1n) is 7.69. The van der Waals surface area contributed by atoms with E-state index < -0.39 is 6.04 Å². The number of amides is 4. The number of furan rings is 1. The van der Waals surface area contributed by atoms with Crippen molar-refractivity contribution in [1.82, 2.24) is 10.6 Å². The molecule has 1 heterocycles. The van der Waals surface area contributed by atoms with E-state index in [1.54, 1.807) is 43.3 Å². The second-order valence-electron chi connectivity index (χ2n) is 5.38. The smallest absolute Gasteiger partial charge is 0.319 e. The van der Waals surface area contributed by atoms with Gasteiger partial charge in [0.15, 0.2) is 0 Å². The Labute approximate surface area is 145 Å². The van der Waals surface area contributed by atoms with Crippen LogP contribution in [-0.2, 0) is 16.1 Å². The Hall–Kier alpha value is -3.29. The van der Waals surface area contributed by atoms with Crippen LogP contribution in [0.25, 0.3) is 0 Å². The Kier molecular flexibility index (Phi) is 6.16. The van der Waals surface area contributed by atoms with Crippen molar-refractivity contribution in [2.24, 2.45) is 0 Å². The van der Waals surface area contributed by atoms with E-state index in [0.29, 0.717) is 17.1 Å². The van der Waals surface area contributed by atoms with Gasteiger partial charge in [0.2, 0.25) is 11.8 Å². The summed E-state index contributed by atoms with van der Waals surface area (Å²) in [7, 11) is 0. The third-order valence-corrected chi connectivity index (χ3v) is 3.23. The van der Waals surface area contributed by atoms with Crippen molar-refractivity contribution in [3.63, 3.8) is 0 Å². The zero-order chi connectivity index (χ0) is 18.2. The van der Waals surface area contributed by atoms with Crippen LogP contribution in [0.2, 0.25) is 0 Å². The van der Waals surface area contributed by atoms with E-state index in [1.165, 1.54) is 13.2 Å². The van der Waals surface area contributed by atoms with Gasteiger partial charge in [0.25, 0.3) is 0 Å². The largest absolute Gasteiger partial charge is 0.467 e. The van der Waals surface area contributed by atoms with Crippen molar-refractivity contribution >= 4 is 29.2 Å². The SMILES string of the molecule is CC(=O)N[C@H](C)C(=O)Nc1ccc(NC(=O)NCc2ccco2)cc1. The van der Waals surface area contributed by atoms with Gasteiger partial charge in [-0.15, -0.1) is 0 Å². The van der Waals surface area contributed by atoms with Crippen LogP contribution < -0.4 is 21.3 Å². The van der Waals surface area contributed by atoms with Crippen LogP contribution in [0.3, 0.4) is 0 Å². The lowest BCUT2D eigenvalue weighted by Crippen LogP contribution is -2.40. The van der Waals surface area contributed by atoms with Crippen LogP contribution in [-0.4, -0.2) is 23.9 Å². The summed E-state index contributed by atoms with van der Waals surface area (Å²) in [4.78, 5) is 34.6. The molecule has 1 aromatic heterocycles. The molecule has 4 amide bonds. The number of carbonyl (C=O) groups excluding carboxylic acids is 3. The minimum Gasteiger partial charge on any atom is -0.467 e. The van der Waals surface area contributed by atoms with Gasteiger partial charge < -0.3 is 25.7 Å². The zero-order valence-corrected chi connectivity index (χ0v) is 14.0. The lowest BCUT2D eigenvalue weighted by molar-refractivity contribution is -0.124. The average Bonchev–Trinajstić information content (AvgIpc) is 3.07. The summed E-state index contributed by atoms with van der Waals surface area (Å²) in [5.41, 5.74) is 1.13. The van der Waals surface area contributed by atoms with E-state index in [1.807, 2.05) is 0 Å². The highest BCUT2D eigenvalue weighted by Gasteiger charge is 2.13. The first-order chi connectivity index (χ1) is 11.9. The Morgan fingerprint density at radius 2 is 1.68 bits per heavy atom. The molecular weight excluding hydrogens is 324 g/mol. The average molecular weight is 344 g/mol. The van der Waals surface area contributed by atoms with E-state index in [9.17, 15) is 14.4 Å². The molecule has 1 aromatic carbocycles. The van der Waals surface area contributed by atoms with E-state index in [0.717, 1.165) is 0 Å². The molecular formula is C17H20N4O4. The molecule has 0 saturated carbocycles. The number of nitrogens with one attached hydrogen (secondary N) is 4. The number of rotatable bonds is 6. The van der Waals surface area contributed by atoms with Gasteiger partial charge in [-0.2, -0.15) is 0 Å². The fourth-order valence-electron chi connectivity index (χ4n) is 2.01. The summed E-state index contributed by atoms with van der Waals surface area (Å²) in [5, 5.41) is 10.5. The predicted molar refractivity (Wildman–Crippen MR) is 92.9 cm³/mol. The summed E-state index contributed by atoms with van der Waals surface area (Å²) < 4.78 is 5.12. The molecule has 2 aromatic rings. The third kappa shape index (κ3) is 6.02. The Balaban J connectivity index is 1.81. The highest BCUT2D eigenvalue weighted by Crippen LogP contribution is 2.13. The highest BCUT2D eigenvalue weighted by atomic mass is 16.3. The maximum absolute atomic E-state index is 11.9. The number of hydrogen-bond donors (Lipinski definition) is 4. The number of benzene rings is 1. The molecule has 0 saturated heterocycles. The molecule has 0 aliphatic heterocycles. The van der Waals surface area contributed by atoms with Crippen molar-refractivity contribution in [2.75, 3.05) is 10.6 Å². The van der Waals surface area contributed by atoms with Crippen LogP contribution in [0, 0.1) is 0 Å². The zero-order valence-electron chi connectivity index (χ0n) is 14.0. The summed E-state index contributed by atoms with van der Waals surface area (Å²) in [6, 6.07) is 9.13. The lowest BCUT2D eigenvalue weighted by atomic mass is 10.2. The molecule has 0 bridgehead atoms. The van der Waals surface area contributed by atoms with Crippen LogP contribution in [0.5, 0.6) is 0 Å². The van der Waals surface area contributed by atoms with Crippen LogP contribution in [0.15, 0.2) is 47.1 Å². The van der Waals surface area contributed by atoms with E-state index >= 15 is 0 Å². The fourth-order valence-corrected chi connectivity index (χ4v) is 2.01. The van der Waals surface area contributed by atoms with Crippen molar-refractivity contribution in [3.8, 4) is 0 Å². The van der Waals surface area contributed by atoms with Gasteiger partial charge >= 0.3 is 6.03 Å². The maximum Gasteiger partial charge on any atom is 0.319 e. The normalized spacial score (nSPS) is 11.3. The Morgan fingerprint density at radius 1 is 1.04 bits per heavy atom. The van der Waals surface area contributed by atoms with E-state index in [-0.39, 0.29) is 24.4 Å². The van der Waals surface area contributed by atoms with Crippen molar-refractivity contribution in [1.29, 1.82) is 0 Å².